The van der Waals surface area contributed by atoms with Gasteiger partial charge in [0.15, 0.2) is 5.37 Å². The summed E-state index contributed by atoms with van der Waals surface area (Å²) in [5.41, 5.74) is 0. The Bertz CT molecular complexity index is 313. The number of carbonyl (C=O) groups excluding carboxylic acids is 3. The Morgan fingerprint density at radius 1 is 1.29 bits per heavy atom. The van der Waals surface area contributed by atoms with Crippen molar-refractivity contribution < 1.29 is 23.9 Å². The SMILES string of the molecule is COC(=O)[C@@H]1CS[C@@H](C(=O)OC)N1C(=O)CCl. The number of amides is 1. The average molecular weight is 282 g/mol. The lowest BCUT2D eigenvalue weighted by molar-refractivity contribution is -0.155. The molecule has 1 aliphatic rings. The van der Waals surface area contributed by atoms with Crippen molar-refractivity contribution in [1.82, 2.24) is 4.90 Å². The van der Waals surface area contributed by atoms with Crippen molar-refractivity contribution in [3.63, 3.8) is 0 Å². The molecule has 0 spiro atoms. The lowest BCUT2D eigenvalue weighted by atomic mass is 10.2. The summed E-state index contributed by atoms with van der Waals surface area (Å²) in [5, 5.41) is -0.838. The minimum atomic E-state index is -0.838. The minimum Gasteiger partial charge on any atom is -0.467 e. The molecule has 0 unspecified atom stereocenters. The molecule has 96 valence electrons. The second kappa shape index (κ2) is 6.11. The third kappa shape index (κ3) is 2.84. The lowest BCUT2D eigenvalue weighted by Gasteiger charge is -2.25. The molecule has 17 heavy (non-hydrogen) atoms. The van der Waals surface area contributed by atoms with Crippen LogP contribution in [0.4, 0.5) is 0 Å². The van der Waals surface area contributed by atoms with Crippen molar-refractivity contribution in [2.45, 2.75) is 11.4 Å². The molecule has 1 heterocycles. The summed E-state index contributed by atoms with van der Waals surface area (Å²) in [5.74, 6) is -1.67. The van der Waals surface area contributed by atoms with Gasteiger partial charge in [-0.3, -0.25) is 4.79 Å². The van der Waals surface area contributed by atoms with Gasteiger partial charge in [0.25, 0.3) is 0 Å². The monoisotopic (exact) mass is 281 g/mol. The number of ether oxygens (including phenoxy) is 2. The molecule has 0 N–H and O–H groups in total. The molecule has 0 saturated carbocycles. The molecule has 1 saturated heterocycles. The maximum Gasteiger partial charge on any atom is 0.339 e. The van der Waals surface area contributed by atoms with E-state index in [4.69, 9.17) is 11.6 Å². The van der Waals surface area contributed by atoms with E-state index in [1.165, 1.54) is 14.2 Å². The highest BCUT2D eigenvalue weighted by Crippen LogP contribution is 2.30. The number of rotatable bonds is 3. The van der Waals surface area contributed by atoms with Gasteiger partial charge in [0.05, 0.1) is 14.2 Å². The van der Waals surface area contributed by atoms with Gasteiger partial charge in [-0.15, -0.1) is 23.4 Å². The smallest absolute Gasteiger partial charge is 0.339 e. The highest BCUT2D eigenvalue weighted by molar-refractivity contribution is 8.00. The van der Waals surface area contributed by atoms with Crippen molar-refractivity contribution in [2.24, 2.45) is 0 Å². The number of hydrogen-bond acceptors (Lipinski definition) is 6. The van der Waals surface area contributed by atoms with Crippen LogP contribution in [0.25, 0.3) is 0 Å². The van der Waals surface area contributed by atoms with Crippen LogP contribution < -0.4 is 0 Å². The first-order valence-electron chi connectivity index (χ1n) is 4.71. The molecule has 1 amide bonds. The molecule has 1 rings (SSSR count). The molecule has 0 radical (unpaired) electrons. The molecule has 6 nitrogen and oxygen atoms in total. The maximum atomic E-state index is 11.6. The molecule has 2 atom stereocenters. The molecule has 0 aliphatic carbocycles. The molecule has 8 heteroatoms. The second-order valence-corrected chi connectivity index (χ2v) is 4.56. The summed E-state index contributed by atoms with van der Waals surface area (Å²) in [7, 11) is 2.44. The largest absolute Gasteiger partial charge is 0.467 e. The number of esters is 2. The van der Waals surface area contributed by atoms with Crippen LogP contribution >= 0.6 is 23.4 Å². The quantitative estimate of drug-likeness (QED) is 0.529. The van der Waals surface area contributed by atoms with E-state index in [1.54, 1.807) is 0 Å². The number of alkyl halides is 1. The van der Waals surface area contributed by atoms with E-state index in [1.807, 2.05) is 0 Å². The Morgan fingerprint density at radius 2 is 1.88 bits per heavy atom. The zero-order valence-corrected chi connectivity index (χ0v) is 10.9. The summed E-state index contributed by atoms with van der Waals surface area (Å²) >= 11 is 6.60. The van der Waals surface area contributed by atoms with Gasteiger partial charge >= 0.3 is 11.9 Å². The van der Waals surface area contributed by atoms with Gasteiger partial charge in [0.2, 0.25) is 5.91 Å². The van der Waals surface area contributed by atoms with E-state index in [0.717, 1.165) is 16.7 Å². The summed E-state index contributed by atoms with van der Waals surface area (Å²) in [6.45, 7) is 0. The fourth-order valence-electron chi connectivity index (χ4n) is 1.48. The average Bonchev–Trinajstić information content (AvgIpc) is 2.80. The van der Waals surface area contributed by atoms with Crippen LogP contribution in [0.15, 0.2) is 0 Å². The van der Waals surface area contributed by atoms with Gasteiger partial charge in [-0.1, -0.05) is 0 Å². The van der Waals surface area contributed by atoms with Gasteiger partial charge in [-0.05, 0) is 0 Å². The summed E-state index contributed by atoms with van der Waals surface area (Å²) in [6, 6.07) is -0.791. The van der Waals surface area contributed by atoms with Crippen molar-refractivity contribution in [3.05, 3.63) is 0 Å². The highest BCUT2D eigenvalue weighted by Gasteiger charge is 2.45. The van der Waals surface area contributed by atoms with E-state index >= 15 is 0 Å². The van der Waals surface area contributed by atoms with E-state index in [2.05, 4.69) is 9.47 Å². The standard InChI is InChI=1S/C9H12ClNO5S/c1-15-8(13)5-4-17-7(9(14)16-2)11(5)6(12)3-10/h5,7H,3-4H2,1-2H3/t5-,7-/m0/s1. The molecule has 1 fully saturated rings. The van der Waals surface area contributed by atoms with Crippen LogP contribution in [0, 0.1) is 0 Å². The van der Waals surface area contributed by atoms with Crippen LogP contribution in [0.1, 0.15) is 0 Å². The Labute approximate surface area is 108 Å². The first-order valence-corrected chi connectivity index (χ1v) is 6.29. The molecule has 0 aromatic heterocycles. The minimum absolute atomic E-state index is 0.287. The first kappa shape index (κ1) is 14.1. The number of halogens is 1. The molecule has 0 aromatic carbocycles. The number of methoxy groups -OCH3 is 2. The maximum absolute atomic E-state index is 11.6. The van der Waals surface area contributed by atoms with Gasteiger partial charge in [0.1, 0.15) is 11.9 Å². The first-order chi connectivity index (χ1) is 8.06. The van der Waals surface area contributed by atoms with Crippen LogP contribution in [0.2, 0.25) is 0 Å². The highest BCUT2D eigenvalue weighted by atomic mass is 35.5. The Hall–Kier alpha value is -0.950. The Balaban J connectivity index is 2.93. The lowest BCUT2D eigenvalue weighted by Crippen LogP contribution is -2.49. The predicted octanol–water partition coefficient (Wildman–Crippen LogP) is -0.159. The zero-order chi connectivity index (χ0) is 13.0. The third-order valence-corrected chi connectivity index (χ3v) is 3.75. The van der Waals surface area contributed by atoms with Gasteiger partial charge in [-0.2, -0.15) is 0 Å². The van der Waals surface area contributed by atoms with Gasteiger partial charge < -0.3 is 14.4 Å². The molecule has 0 aromatic rings. The van der Waals surface area contributed by atoms with E-state index < -0.39 is 29.3 Å². The topological polar surface area (TPSA) is 72.9 Å². The van der Waals surface area contributed by atoms with Crippen molar-refractivity contribution >= 4 is 41.2 Å². The normalized spacial score (nSPS) is 23.4. The molecular formula is C9H12ClNO5S. The number of hydrogen-bond donors (Lipinski definition) is 0. The Morgan fingerprint density at radius 3 is 2.35 bits per heavy atom. The summed E-state index contributed by atoms with van der Waals surface area (Å²) in [4.78, 5) is 35.7. The van der Waals surface area contributed by atoms with Crippen LogP contribution in [0.5, 0.6) is 0 Å². The molecular weight excluding hydrogens is 270 g/mol. The number of thioether (sulfide) groups is 1. The van der Waals surface area contributed by atoms with E-state index in [0.29, 0.717) is 0 Å². The second-order valence-electron chi connectivity index (χ2n) is 3.18. The predicted molar refractivity (Wildman–Crippen MR) is 61.6 cm³/mol. The van der Waals surface area contributed by atoms with E-state index in [9.17, 15) is 14.4 Å². The zero-order valence-electron chi connectivity index (χ0n) is 9.34. The summed E-state index contributed by atoms with van der Waals surface area (Å²) < 4.78 is 9.15. The summed E-state index contributed by atoms with van der Waals surface area (Å²) in [6.07, 6.45) is 0. The van der Waals surface area contributed by atoms with Crippen LogP contribution in [0.3, 0.4) is 0 Å². The molecule has 0 bridgehead atoms. The van der Waals surface area contributed by atoms with Crippen molar-refractivity contribution in [3.8, 4) is 0 Å². The number of nitrogens with zero attached hydrogens (tertiary/aromatic N) is 1. The van der Waals surface area contributed by atoms with Crippen molar-refractivity contribution in [1.29, 1.82) is 0 Å². The van der Waals surface area contributed by atoms with Crippen LogP contribution in [-0.2, 0) is 23.9 Å². The molecule has 1 aliphatic heterocycles. The van der Waals surface area contributed by atoms with Crippen molar-refractivity contribution in [2.75, 3.05) is 25.9 Å². The fourth-order valence-corrected chi connectivity index (χ4v) is 2.94. The van der Waals surface area contributed by atoms with E-state index in [-0.39, 0.29) is 11.6 Å². The third-order valence-electron chi connectivity index (χ3n) is 2.28. The van der Waals surface area contributed by atoms with Crippen LogP contribution in [-0.4, -0.2) is 60.0 Å². The van der Waals surface area contributed by atoms with Gasteiger partial charge in [-0.25, -0.2) is 9.59 Å². The number of carbonyl (C=O) groups is 3. The van der Waals surface area contributed by atoms with Gasteiger partial charge in [0, 0.05) is 5.75 Å². The Kier molecular flexibility index (Phi) is 5.07. The fraction of sp³-hybridized carbons (Fsp3) is 0.667.